The second-order valence-corrected chi connectivity index (χ2v) is 4.34. The first-order valence-electron chi connectivity index (χ1n) is 5.35. The molecule has 0 fully saturated rings. The molecular formula is C13H12FN3S. The Hall–Kier alpha value is -2.01. The lowest BCUT2D eigenvalue weighted by atomic mass is 10.2. The van der Waals surface area contributed by atoms with Crippen LogP contribution in [0.1, 0.15) is 11.1 Å². The fourth-order valence-electron chi connectivity index (χ4n) is 1.51. The van der Waals surface area contributed by atoms with Crippen molar-refractivity contribution in [3.8, 4) is 0 Å². The van der Waals surface area contributed by atoms with Crippen LogP contribution >= 0.6 is 12.2 Å². The summed E-state index contributed by atoms with van der Waals surface area (Å²) in [5.41, 5.74) is 7.45. The molecule has 1 aromatic heterocycles. The van der Waals surface area contributed by atoms with Gasteiger partial charge in [0.15, 0.2) is 0 Å². The number of thiocarbonyl (C=S) groups is 1. The van der Waals surface area contributed by atoms with Crippen molar-refractivity contribution in [2.24, 2.45) is 5.73 Å². The molecule has 92 valence electrons. The van der Waals surface area contributed by atoms with Gasteiger partial charge in [-0.3, -0.25) is 0 Å². The maximum absolute atomic E-state index is 13.7. The smallest absolute Gasteiger partial charge is 0.146 e. The van der Waals surface area contributed by atoms with Gasteiger partial charge in [-0.25, -0.2) is 9.37 Å². The van der Waals surface area contributed by atoms with E-state index in [1.165, 1.54) is 6.07 Å². The van der Waals surface area contributed by atoms with E-state index in [9.17, 15) is 4.39 Å². The van der Waals surface area contributed by atoms with Gasteiger partial charge in [0.05, 0.1) is 5.69 Å². The number of halogens is 1. The third kappa shape index (κ3) is 2.81. The topological polar surface area (TPSA) is 50.9 Å². The lowest BCUT2D eigenvalue weighted by Crippen LogP contribution is -2.10. The second kappa shape index (κ2) is 5.10. The SMILES string of the molecule is Cc1ccc(Nc2cc(C(N)=S)ccn2)c(F)c1. The molecule has 3 N–H and O–H groups in total. The van der Waals surface area contributed by atoms with Crippen LogP contribution in [0, 0.1) is 12.7 Å². The maximum atomic E-state index is 13.7. The van der Waals surface area contributed by atoms with Gasteiger partial charge < -0.3 is 11.1 Å². The molecule has 0 bridgehead atoms. The number of nitrogens with one attached hydrogen (secondary N) is 1. The summed E-state index contributed by atoms with van der Waals surface area (Å²) < 4.78 is 13.7. The van der Waals surface area contributed by atoms with Crippen molar-refractivity contribution < 1.29 is 4.39 Å². The van der Waals surface area contributed by atoms with Crippen LogP contribution in [0.3, 0.4) is 0 Å². The molecule has 5 heteroatoms. The van der Waals surface area contributed by atoms with Crippen molar-refractivity contribution in [1.29, 1.82) is 0 Å². The Morgan fingerprint density at radius 2 is 2.11 bits per heavy atom. The summed E-state index contributed by atoms with van der Waals surface area (Å²) in [6.45, 7) is 1.83. The van der Waals surface area contributed by atoms with E-state index in [1.807, 2.05) is 13.0 Å². The Bertz CT molecular complexity index is 599. The van der Waals surface area contributed by atoms with E-state index in [4.69, 9.17) is 18.0 Å². The van der Waals surface area contributed by atoms with Crippen LogP contribution in [0.15, 0.2) is 36.5 Å². The summed E-state index contributed by atoms with van der Waals surface area (Å²) in [7, 11) is 0. The summed E-state index contributed by atoms with van der Waals surface area (Å²) in [5.74, 6) is 0.181. The number of benzene rings is 1. The maximum Gasteiger partial charge on any atom is 0.146 e. The fraction of sp³-hybridized carbons (Fsp3) is 0.0769. The van der Waals surface area contributed by atoms with Gasteiger partial charge in [-0.15, -0.1) is 0 Å². The van der Waals surface area contributed by atoms with Crippen LogP contribution in [0.25, 0.3) is 0 Å². The summed E-state index contributed by atoms with van der Waals surface area (Å²) in [6, 6.07) is 8.34. The van der Waals surface area contributed by atoms with E-state index in [-0.39, 0.29) is 10.8 Å². The number of aromatic nitrogens is 1. The molecule has 0 radical (unpaired) electrons. The summed E-state index contributed by atoms with van der Waals surface area (Å²) >= 11 is 4.88. The van der Waals surface area contributed by atoms with Crippen LogP contribution in [0.4, 0.5) is 15.9 Å². The zero-order valence-corrected chi connectivity index (χ0v) is 10.6. The number of nitrogens with two attached hydrogens (primary N) is 1. The molecule has 0 aliphatic heterocycles. The quantitative estimate of drug-likeness (QED) is 0.834. The number of nitrogens with zero attached hydrogens (tertiary/aromatic N) is 1. The molecule has 0 aliphatic rings. The average molecular weight is 261 g/mol. The average Bonchev–Trinajstić information content (AvgIpc) is 2.33. The van der Waals surface area contributed by atoms with E-state index in [0.717, 1.165) is 5.56 Å². The minimum Gasteiger partial charge on any atom is -0.389 e. The zero-order valence-electron chi connectivity index (χ0n) is 9.77. The van der Waals surface area contributed by atoms with Crippen LogP contribution < -0.4 is 11.1 Å². The van der Waals surface area contributed by atoms with Gasteiger partial charge >= 0.3 is 0 Å². The molecular weight excluding hydrogens is 249 g/mol. The van der Waals surface area contributed by atoms with Crippen LogP contribution in [-0.4, -0.2) is 9.97 Å². The summed E-state index contributed by atoms with van der Waals surface area (Å²) in [5, 5.41) is 2.89. The molecule has 0 saturated heterocycles. The minimum absolute atomic E-state index is 0.282. The fourth-order valence-corrected chi connectivity index (χ4v) is 1.64. The van der Waals surface area contributed by atoms with E-state index in [0.29, 0.717) is 17.1 Å². The molecule has 2 rings (SSSR count). The number of rotatable bonds is 3. The van der Waals surface area contributed by atoms with Gasteiger partial charge in [0.25, 0.3) is 0 Å². The lowest BCUT2D eigenvalue weighted by Gasteiger charge is -2.08. The minimum atomic E-state index is -0.322. The zero-order chi connectivity index (χ0) is 13.1. The molecule has 3 nitrogen and oxygen atoms in total. The number of aryl methyl sites for hydroxylation is 1. The number of hydrogen-bond acceptors (Lipinski definition) is 3. The first-order valence-corrected chi connectivity index (χ1v) is 5.76. The molecule has 0 amide bonds. The van der Waals surface area contributed by atoms with Crippen molar-refractivity contribution in [2.45, 2.75) is 6.92 Å². The highest BCUT2D eigenvalue weighted by Gasteiger charge is 2.04. The molecule has 0 atom stereocenters. The molecule has 0 aliphatic carbocycles. The highest BCUT2D eigenvalue weighted by atomic mass is 32.1. The van der Waals surface area contributed by atoms with Gasteiger partial charge in [-0.05, 0) is 36.8 Å². The van der Waals surface area contributed by atoms with Crippen LogP contribution in [0.2, 0.25) is 0 Å². The third-order valence-corrected chi connectivity index (χ3v) is 2.67. The molecule has 0 unspecified atom stereocenters. The van der Waals surface area contributed by atoms with E-state index in [2.05, 4.69) is 10.3 Å². The first-order chi connectivity index (χ1) is 8.56. The molecule has 0 spiro atoms. The molecule has 18 heavy (non-hydrogen) atoms. The van der Waals surface area contributed by atoms with E-state index >= 15 is 0 Å². The summed E-state index contributed by atoms with van der Waals surface area (Å²) in [4.78, 5) is 4.37. The van der Waals surface area contributed by atoms with Crippen molar-refractivity contribution in [1.82, 2.24) is 4.98 Å². The van der Waals surface area contributed by atoms with E-state index < -0.39 is 0 Å². The highest BCUT2D eigenvalue weighted by molar-refractivity contribution is 7.80. The normalized spacial score (nSPS) is 10.1. The Morgan fingerprint density at radius 1 is 1.33 bits per heavy atom. The van der Waals surface area contributed by atoms with Gasteiger partial charge in [-0.2, -0.15) is 0 Å². The number of pyridine rings is 1. The second-order valence-electron chi connectivity index (χ2n) is 3.90. The largest absolute Gasteiger partial charge is 0.389 e. The molecule has 1 heterocycles. The van der Waals surface area contributed by atoms with Gasteiger partial charge in [0.2, 0.25) is 0 Å². The Morgan fingerprint density at radius 3 is 2.78 bits per heavy atom. The summed E-state index contributed by atoms with van der Waals surface area (Å²) in [6.07, 6.45) is 1.57. The Kier molecular flexibility index (Phi) is 3.53. The number of hydrogen-bond donors (Lipinski definition) is 2. The van der Waals surface area contributed by atoms with Crippen molar-refractivity contribution in [3.63, 3.8) is 0 Å². The monoisotopic (exact) mass is 261 g/mol. The predicted molar refractivity (Wildman–Crippen MR) is 74.5 cm³/mol. The van der Waals surface area contributed by atoms with Gasteiger partial charge in [-0.1, -0.05) is 18.3 Å². The Labute approximate surface area is 110 Å². The van der Waals surface area contributed by atoms with Crippen LogP contribution in [-0.2, 0) is 0 Å². The number of anilines is 2. The van der Waals surface area contributed by atoms with Gasteiger partial charge in [0, 0.05) is 11.8 Å². The first kappa shape index (κ1) is 12.4. The molecule has 2 aromatic rings. The van der Waals surface area contributed by atoms with Crippen LogP contribution in [0.5, 0.6) is 0 Å². The van der Waals surface area contributed by atoms with Crippen molar-refractivity contribution >= 4 is 28.7 Å². The lowest BCUT2D eigenvalue weighted by molar-refractivity contribution is 0.630. The Balaban J connectivity index is 2.28. The predicted octanol–water partition coefficient (Wildman–Crippen LogP) is 2.91. The molecule has 1 aromatic carbocycles. The highest BCUT2D eigenvalue weighted by Crippen LogP contribution is 2.20. The van der Waals surface area contributed by atoms with Crippen molar-refractivity contribution in [3.05, 3.63) is 53.5 Å². The van der Waals surface area contributed by atoms with Crippen molar-refractivity contribution in [2.75, 3.05) is 5.32 Å². The van der Waals surface area contributed by atoms with E-state index in [1.54, 1.807) is 24.4 Å². The third-order valence-electron chi connectivity index (χ3n) is 2.43. The standard InChI is InChI=1S/C13H12FN3S/c1-8-2-3-11(10(14)6-8)17-12-7-9(13(15)18)4-5-16-12/h2-7H,1H3,(H2,15,18)(H,16,17). The molecule has 0 saturated carbocycles. The van der Waals surface area contributed by atoms with Gasteiger partial charge in [0.1, 0.15) is 16.6 Å².